The summed E-state index contributed by atoms with van der Waals surface area (Å²) in [5.74, 6) is 2.93. The number of rotatable bonds is 4. The first-order valence-corrected chi connectivity index (χ1v) is 7.25. The van der Waals surface area contributed by atoms with E-state index in [1.807, 2.05) is 24.3 Å². The second-order valence-corrected chi connectivity index (χ2v) is 5.96. The summed E-state index contributed by atoms with van der Waals surface area (Å²) in [6, 6.07) is 7.84. The van der Waals surface area contributed by atoms with Crippen LogP contribution in [0, 0.1) is 17.8 Å². The third kappa shape index (κ3) is 3.59. The van der Waals surface area contributed by atoms with Crippen LogP contribution >= 0.6 is 0 Å². The summed E-state index contributed by atoms with van der Waals surface area (Å²) in [5, 5.41) is 0. The summed E-state index contributed by atoms with van der Waals surface area (Å²) in [4.78, 5) is 12.4. The Morgan fingerprint density at radius 1 is 1.26 bits per heavy atom. The molecule has 1 aromatic carbocycles. The van der Waals surface area contributed by atoms with Crippen molar-refractivity contribution in [2.45, 2.75) is 39.5 Å². The molecule has 0 aliphatic heterocycles. The Morgan fingerprint density at radius 3 is 2.74 bits per heavy atom. The van der Waals surface area contributed by atoms with Crippen LogP contribution in [0.2, 0.25) is 0 Å². The van der Waals surface area contributed by atoms with Crippen LogP contribution in [-0.2, 0) is 11.2 Å². The molecule has 1 saturated carbocycles. The van der Waals surface area contributed by atoms with Gasteiger partial charge >= 0.3 is 0 Å². The fourth-order valence-corrected chi connectivity index (χ4v) is 2.97. The molecule has 104 valence electrons. The molecule has 1 aromatic rings. The van der Waals surface area contributed by atoms with Gasteiger partial charge in [0.1, 0.15) is 11.5 Å². The van der Waals surface area contributed by atoms with E-state index in [1.54, 1.807) is 7.11 Å². The van der Waals surface area contributed by atoms with E-state index in [2.05, 4.69) is 13.8 Å². The normalized spacial score (nSPS) is 27.0. The van der Waals surface area contributed by atoms with Gasteiger partial charge in [0, 0.05) is 12.3 Å². The number of Topliss-reactive ketones (excluding diaryl/α,β-unsaturated/α-hetero) is 1. The van der Waals surface area contributed by atoms with Crippen LogP contribution in [0.4, 0.5) is 0 Å². The summed E-state index contributed by atoms with van der Waals surface area (Å²) < 4.78 is 5.20. The van der Waals surface area contributed by atoms with Crippen molar-refractivity contribution < 1.29 is 9.53 Å². The minimum atomic E-state index is 0.261. The Balaban J connectivity index is 1.97. The zero-order valence-electron chi connectivity index (χ0n) is 12.2. The van der Waals surface area contributed by atoms with E-state index < -0.39 is 0 Å². The van der Waals surface area contributed by atoms with Crippen molar-refractivity contribution in [2.24, 2.45) is 17.8 Å². The lowest BCUT2D eigenvalue weighted by atomic mass is 9.73. The molecule has 2 heteroatoms. The SMILES string of the molecule is COc1cccc(CC(=O)C2CCC(C)C(C)C2)c1. The summed E-state index contributed by atoms with van der Waals surface area (Å²) in [6.07, 6.45) is 3.86. The number of ether oxygens (including phenoxy) is 1. The second kappa shape index (κ2) is 6.23. The number of ketones is 1. The highest BCUT2D eigenvalue weighted by Crippen LogP contribution is 2.34. The summed E-state index contributed by atoms with van der Waals surface area (Å²) in [7, 11) is 1.66. The quantitative estimate of drug-likeness (QED) is 0.821. The molecule has 0 heterocycles. The number of hydrogen-bond acceptors (Lipinski definition) is 2. The summed E-state index contributed by atoms with van der Waals surface area (Å²) in [6.45, 7) is 4.57. The van der Waals surface area contributed by atoms with Crippen molar-refractivity contribution in [3.63, 3.8) is 0 Å². The van der Waals surface area contributed by atoms with Crippen molar-refractivity contribution in [1.82, 2.24) is 0 Å². The van der Waals surface area contributed by atoms with Gasteiger partial charge in [-0.05, 0) is 48.8 Å². The predicted molar refractivity (Wildman–Crippen MR) is 77.4 cm³/mol. The van der Waals surface area contributed by atoms with Crippen LogP contribution in [0.5, 0.6) is 5.75 Å². The Morgan fingerprint density at radius 2 is 2.05 bits per heavy atom. The fourth-order valence-electron chi connectivity index (χ4n) is 2.97. The van der Waals surface area contributed by atoms with E-state index in [1.165, 1.54) is 6.42 Å². The van der Waals surface area contributed by atoms with E-state index in [0.29, 0.717) is 18.1 Å². The molecule has 0 radical (unpaired) electrons. The third-order valence-corrected chi connectivity index (χ3v) is 4.57. The first-order valence-electron chi connectivity index (χ1n) is 7.25. The van der Waals surface area contributed by atoms with Gasteiger partial charge < -0.3 is 4.74 Å². The smallest absolute Gasteiger partial charge is 0.140 e. The second-order valence-electron chi connectivity index (χ2n) is 5.96. The van der Waals surface area contributed by atoms with Crippen LogP contribution in [0.25, 0.3) is 0 Å². The number of benzene rings is 1. The van der Waals surface area contributed by atoms with E-state index in [9.17, 15) is 4.79 Å². The number of carbonyl (C=O) groups is 1. The van der Waals surface area contributed by atoms with Gasteiger partial charge in [-0.15, -0.1) is 0 Å². The number of methoxy groups -OCH3 is 1. The van der Waals surface area contributed by atoms with Gasteiger partial charge in [-0.1, -0.05) is 26.0 Å². The van der Waals surface area contributed by atoms with Crippen molar-refractivity contribution in [3.8, 4) is 5.75 Å². The van der Waals surface area contributed by atoms with E-state index in [-0.39, 0.29) is 5.92 Å². The molecule has 1 aliphatic rings. The van der Waals surface area contributed by atoms with Gasteiger partial charge in [0.2, 0.25) is 0 Å². The van der Waals surface area contributed by atoms with E-state index >= 15 is 0 Å². The Labute approximate surface area is 116 Å². The molecular weight excluding hydrogens is 236 g/mol. The Kier molecular flexibility index (Phi) is 4.62. The van der Waals surface area contributed by atoms with Gasteiger partial charge in [-0.3, -0.25) is 4.79 Å². The molecule has 0 aromatic heterocycles. The lowest BCUT2D eigenvalue weighted by Gasteiger charge is -2.31. The average molecular weight is 260 g/mol. The van der Waals surface area contributed by atoms with Gasteiger partial charge in [0.15, 0.2) is 0 Å². The van der Waals surface area contributed by atoms with Crippen LogP contribution in [-0.4, -0.2) is 12.9 Å². The Bertz CT molecular complexity index is 439. The first-order chi connectivity index (χ1) is 9.10. The predicted octanol–water partition coefficient (Wildman–Crippen LogP) is 3.88. The molecule has 0 spiro atoms. The topological polar surface area (TPSA) is 26.3 Å². The maximum atomic E-state index is 12.4. The summed E-state index contributed by atoms with van der Waals surface area (Å²) >= 11 is 0. The van der Waals surface area contributed by atoms with Crippen LogP contribution in [0.3, 0.4) is 0 Å². The molecule has 19 heavy (non-hydrogen) atoms. The maximum absolute atomic E-state index is 12.4. The van der Waals surface area contributed by atoms with E-state index in [0.717, 1.165) is 30.1 Å². The van der Waals surface area contributed by atoms with Crippen molar-refractivity contribution in [2.75, 3.05) is 7.11 Å². The number of hydrogen-bond donors (Lipinski definition) is 0. The Hall–Kier alpha value is -1.31. The van der Waals surface area contributed by atoms with Crippen LogP contribution in [0.1, 0.15) is 38.7 Å². The molecule has 0 bridgehead atoms. The molecule has 3 unspecified atom stereocenters. The molecular formula is C17H24O2. The molecule has 0 amide bonds. The molecule has 1 aliphatic carbocycles. The highest BCUT2D eigenvalue weighted by molar-refractivity contribution is 5.83. The van der Waals surface area contributed by atoms with Gasteiger partial charge in [-0.2, -0.15) is 0 Å². The molecule has 1 fully saturated rings. The van der Waals surface area contributed by atoms with E-state index in [4.69, 9.17) is 4.74 Å². The average Bonchev–Trinajstić information content (AvgIpc) is 2.42. The minimum Gasteiger partial charge on any atom is -0.497 e. The lowest BCUT2D eigenvalue weighted by Crippen LogP contribution is -2.27. The largest absolute Gasteiger partial charge is 0.497 e. The highest BCUT2D eigenvalue weighted by atomic mass is 16.5. The molecule has 3 atom stereocenters. The number of carbonyl (C=O) groups excluding carboxylic acids is 1. The van der Waals surface area contributed by atoms with Crippen molar-refractivity contribution in [1.29, 1.82) is 0 Å². The zero-order chi connectivity index (χ0) is 13.8. The van der Waals surface area contributed by atoms with Gasteiger partial charge in [0.25, 0.3) is 0 Å². The van der Waals surface area contributed by atoms with Crippen molar-refractivity contribution >= 4 is 5.78 Å². The fraction of sp³-hybridized carbons (Fsp3) is 0.588. The first kappa shape index (κ1) is 14.1. The monoisotopic (exact) mass is 260 g/mol. The lowest BCUT2D eigenvalue weighted by molar-refractivity contribution is -0.123. The zero-order valence-corrected chi connectivity index (χ0v) is 12.2. The molecule has 2 rings (SSSR count). The molecule has 2 nitrogen and oxygen atoms in total. The summed E-state index contributed by atoms with van der Waals surface area (Å²) in [5.41, 5.74) is 1.07. The van der Waals surface area contributed by atoms with Gasteiger partial charge in [-0.25, -0.2) is 0 Å². The maximum Gasteiger partial charge on any atom is 0.140 e. The molecule has 0 N–H and O–H groups in total. The van der Waals surface area contributed by atoms with Crippen LogP contribution in [0.15, 0.2) is 24.3 Å². The van der Waals surface area contributed by atoms with Crippen molar-refractivity contribution in [3.05, 3.63) is 29.8 Å². The van der Waals surface area contributed by atoms with Gasteiger partial charge in [0.05, 0.1) is 7.11 Å². The minimum absolute atomic E-state index is 0.261. The third-order valence-electron chi connectivity index (χ3n) is 4.57. The molecule has 0 saturated heterocycles. The van der Waals surface area contributed by atoms with Crippen LogP contribution < -0.4 is 4.74 Å². The highest BCUT2D eigenvalue weighted by Gasteiger charge is 2.28. The standard InChI is InChI=1S/C17H24O2/c1-12-7-8-15(9-13(12)2)17(18)11-14-5-4-6-16(10-14)19-3/h4-6,10,12-13,15H,7-9,11H2,1-3H3.